The van der Waals surface area contributed by atoms with Crippen LogP contribution in [-0.2, 0) is 23.9 Å². The molecule has 1 aliphatic rings. The quantitative estimate of drug-likeness (QED) is 0.675. The molecule has 1 saturated heterocycles. The van der Waals surface area contributed by atoms with Gasteiger partial charge in [0.1, 0.15) is 18.4 Å². The van der Waals surface area contributed by atoms with Crippen LogP contribution in [0, 0.1) is 5.92 Å². The third kappa shape index (κ3) is 4.66. The van der Waals surface area contributed by atoms with Crippen LogP contribution < -0.4 is 0 Å². The lowest BCUT2D eigenvalue weighted by Crippen LogP contribution is -2.37. The van der Waals surface area contributed by atoms with Crippen LogP contribution in [0.25, 0.3) is 0 Å². The maximum Gasteiger partial charge on any atom is 0.305 e. The smallest absolute Gasteiger partial charge is 0.305 e. The van der Waals surface area contributed by atoms with Gasteiger partial charge in [-0.15, -0.1) is 0 Å². The number of carboxylic acids is 2. The first kappa shape index (κ1) is 17.4. The largest absolute Gasteiger partial charge is 0.481 e. The van der Waals surface area contributed by atoms with E-state index in [0.29, 0.717) is 0 Å². The Morgan fingerprint density at radius 2 is 1.81 bits per heavy atom. The number of hydrogen-bond acceptors (Lipinski definition) is 5. The Hall–Kier alpha value is -1.70. The van der Waals surface area contributed by atoms with E-state index in [1.807, 2.05) is 0 Å². The van der Waals surface area contributed by atoms with Crippen LogP contribution in [0.2, 0.25) is 0 Å². The van der Waals surface area contributed by atoms with Crippen molar-refractivity contribution in [1.82, 2.24) is 0 Å². The normalized spacial score (nSPS) is 29.9. The van der Waals surface area contributed by atoms with Crippen molar-refractivity contribution in [1.29, 1.82) is 0 Å². The van der Waals surface area contributed by atoms with Gasteiger partial charge in [-0.2, -0.15) is 0 Å². The number of halogens is 1. The lowest BCUT2D eigenvalue weighted by Gasteiger charge is -2.23. The van der Waals surface area contributed by atoms with E-state index >= 15 is 0 Å². The molecule has 1 heterocycles. The molecule has 0 spiro atoms. The number of carboxylic acid groups (broad SMARTS) is 2. The number of carbonyl (C=O) groups is 3. The molecule has 1 aliphatic heterocycles. The number of alkyl halides is 1. The molecule has 21 heavy (non-hydrogen) atoms. The summed E-state index contributed by atoms with van der Waals surface area (Å²) in [5, 5.41) is 17.6. The maximum atomic E-state index is 14.4. The highest BCUT2D eigenvalue weighted by molar-refractivity contribution is 5.69. The van der Waals surface area contributed by atoms with Gasteiger partial charge in [0.2, 0.25) is 0 Å². The molecule has 0 aliphatic carbocycles. The summed E-state index contributed by atoms with van der Waals surface area (Å²) < 4.78 is 24.7. The van der Waals surface area contributed by atoms with E-state index in [1.165, 1.54) is 6.92 Å². The van der Waals surface area contributed by atoms with Crippen molar-refractivity contribution >= 4 is 17.9 Å². The van der Waals surface area contributed by atoms with E-state index in [0.717, 1.165) is 0 Å². The third-order valence-corrected chi connectivity index (χ3v) is 3.40. The molecule has 0 radical (unpaired) electrons. The predicted molar refractivity (Wildman–Crippen MR) is 67.4 cm³/mol. The van der Waals surface area contributed by atoms with Gasteiger partial charge in [-0.1, -0.05) is 6.92 Å². The van der Waals surface area contributed by atoms with E-state index in [9.17, 15) is 18.8 Å². The van der Waals surface area contributed by atoms with Crippen LogP contribution in [0.4, 0.5) is 4.39 Å². The number of carbonyl (C=O) groups excluding carboxylic acids is 1. The molecule has 0 aromatic carbocycles. The van der Waals surface area contributed by atoms with Crippen LogP contribution in [0.1, 0.15) is 33.1 Å². The van der Waals surface area contributed by atoms with E-state index in [4.69, 9.17) is 19.7 Å². The molecular formula is C13H19FO7. The van der Waals surface area contributed by atoms with E-state index in [-0.39, 0.29) is 6.42 Å². The van der Waals surface area contributed by atoms with Crippen molar-refractivity contribution < 1.29 is 38.5 Å². The van der Waals surface area contributed by atoms with Gasteiger partial charge in [-0.3, -0.25) is 14.4 Å². The van der Waals surface area contributed by atoms with Crippen molar-refractivity contribution in [2.24, 2.45) is 5.92 Å². The standard InChI is InChI=1S/C13H19FO7/c1-3-8(20-6(2)15)13-12(14)7(4-10(16)17)9(21-13)5-11(18)19/h7-9,12-13H,3-5H2,1-2H3,(H,16,17)(H,18,19)/t7-,8-,9?,12-,13+/m0/s1. The van der Waals surface area contributed by atoms with E-state index in [2.05, 4.69) is 0 Å². The molecule has 0 saturated carbocycles. The molecule has 1 rings (SSSR count). The molecule has 0 aromatic rings. The summed E-state index contributed by atoms with van der Waals surface area (Å²) >= 11 is 0. The zero-order valence-electron chi connectivity index (χ0n) is 11.8. The van der Waals surface area contributed by atoms with Crippen LogP contribution >= 0.6 is 0 Å². The average molecular weight is 306 g/mol. The van der Waals surface area contributed by atoms with Crippen molar-refractivity contribution in [3.8, 4) is 0 Å². The topological polar surface area (TPSA) is 110 Å². The predicted octanol–water partition coefficient (Wildman–Crippen LogP) is 0.999. The minimum absolute atomic E-state index is 0.282. The molecule has 0 amide bonds. The molecule has 7 nitrogen and oxygen atoms in total. The molecule has 0 aromatic heterocycles. The summed E-state index contributed by atoms with van der Waals surface area (Å²) in [5.41, 5.74) is 0. The fraction of sp³-hybridized carbons (Fsp3) is 0.769. The van der Waals surface area contributed by atoms with Crippen molar-refractivity contribution in [2.75, 3.05) is 0 Å². The maximum absolute atomic E-state index is 14.4. The molecular weight excluding hydrogens is 287 g/mol. The second kappa shape index (κ2) is 7.35. The van der Waals surface area contributed by atoms with Crippen molar-refractivity contribution in [3.05, 3.63) is 0 Å². The second-order valence-corrected chi connectivity index (χ2v) is 5.00. The summed E-state index contributed by atoms with van der Waals surface area (Å²) in [7, 11) is 0. The Labute approximate surface area is 121 Å². The third-order valence-electron chi connectivity index (χ3n) is 3.40. The Morgan fingerprint density at radius 1 is 1.24 bits per heavy atom. The Morgan fingerprint density at radius 3 is 2.24 bits per heavy atom. The zero-order chi connectivity index (χ0) is 16.2. The van der Waals surface area contributed by atoms with Gasteiger partial charge >= 0.3 is 17.9 Å². The van der Waals surface area contributed by atoms with Crippen molar-refractivity contribution in [2.45, 2.75) is 57.6 Å². The molecule has 120 valence electrons. The minimum Gasteiger partial charge on any atom is -0.481 e. The van der Waals surface area contributed by atoms with Gasteiger partial charge in [-0.25, -0.2) is 4.39 Å². The fourth-order valence-corrected chi connectivity index (χ4v) is 2.53. The highest BCUT2D eigenvalue weighted by Crippen LogP contribution is 2.37. The summed E-state index contributed by atoms with van der Waals surface area (Å²) in [6.07, 6.45) is -5.51. The van der Waals surface area contributed by atoms with Crippen LogP contribution in [0.15, 0.2) is 0 Å². The zero-order valence-corrected chi connectivity index (χ0v) is 11.8. The summed E-state index contributed by atoms with van der Waals surface area (Å²) in [6, 6.07) is 0. The Kier molecular flexibility index (Phi) is 6.07. The molecule has 5 atom stereocenters. The molecule has 8 heteroatoms. The lowest BCUT2D eigenvalue weighted by molar-refractivity contribution is -0.158. The minimum atomic E-state index is -1.70. The van der Waals surface area contributed by atoms with Gasteiger partial charge in [0.25, 0.3) is 0 Å². The van der Waals surface area contributed by atoms with E-state index in [1.54, 1.807) is 6.92 Å². The van der Waals surface area contributed by atoms with E-state index < -0.39 is 61.2 Å². The van der Waals surface area contributed by atoms with Crippen molar-refractivity contribution in [3.63, 3.8) is 0 Å². The average Bonchev–Trinajstić information content (AvgIpc) is 2.63. The monoisotopic (exact) mass is 306 g/mol. The Balaban J connectivity index is 2.89. The number of esters is 1. The summed E-state index contributed by atoms with van der Waals surface area (Å²) in [4.78, 5) is 32.6. The number of hydrogen-bond donors (Lipinski definition) is 2. The van der Waals surface area contributed by atoms with Gasteiger partial charge in [0.05, 0.1) is 18.9 Å². The second-order valence-electron chi connectivity index (χ2n) is 5.00. The number of ether oxygens (including phenoxy) is 2. The van der Waals surface area contributed by atoms with Gasteiger partial charge in [-0.05, 0) is 6.42 Å². The molecule has 1 unspecified atom stereocenters. The SMILES string of the molecule is CC[C@H](OC(C)=O)[C@H]1OC(CC(=O)O)[C@H](CC(=O)O)[C@@H]1F. The van der Waals surface area contributed by atoms with Gasteiger partial charge in [0, 0.05) is 12.8 Å². The molecule has 2 N–H and O–H groups in total. The van der Waals surface area contributed by atoms with Crippen LogP contribution in [0.3, 0.4) is 0 Å². The van der Waals surface area contributed by atoms with Crippen LogP contribution in [0.5, 0.6) is 0 Å². The lowest BCUT2D eigenvalue weighted by atomic mass is 9.90. The summed E-state index contributed by atoms with van der Waals surface area (Å²) in [5.74, 6) is -4.12. The highest BCUT2D eigenvalue weighted by Gasteiger charge is 2.49. The van der Waals surface area contributed by atoms with Gasteiger partial charge < -0.3 is 19.7 Å². The first-order valence-electron chi connectivity index (χ1n) is 6.66. The first-order chi connectivity index (χ1) is 9.76. The molecule has 1 fully saturated rings. The fourth-order valence-electron chi connectivity index (χ4n) is 2.53. The molecule has 0 bridgehead atoms. The first-order valence-corrected chi connectivity index (χ1v) is 6.66. The highest BCUT2D eigenvalue weighted by atomic mass is 19.1. The van der Waals surface area contributed by atoms with Crippen LogP contribution in [-0.4, -0.2) is 52.6 Å². The Bertz CT molecular complexity index is 411. The number of aliphatic carboxylic acids is 2. The summed E-state index contributed by atoms with van der Waals surface area (Å²) in [6.45, 7) is 2.84. The number of rotatable bonds is 7. The van der Waals surface area contributed by atoms with Gasteiger partial charge in [0.15, 0.2) is 0 Å².